The van der Waals surface area contributed by atoms with E-state index >= 15 is 0 Å². The van der Waals surface area contributed by atoms with Crippen molar-refractivity contribution in [3.8, 4) is 0 Å². The molecule has 0 bridgehead atoms. The fraction of sp³-hybridized carbons (Fsp3) is 0.200. The summed E-state index contributed by atoms with van der Waals surface area (Å²) in [5, 5.41) is 13.2. The van der Waals surface area contributed by atoms with Crippen LogP contribution in [0, 0.1) is 5.21 Å². The van der Waals surface area contributed by atoms with Crippen LogP contribution in [0.4, 0.5) is 0 Å². The van der Waals surface area contributed by atoms with Gasteiger partial charge in [0.1, 0.15) is 16.3 Å². The van der Waals surface area contributed by atoms with Crippen molar-refractivity contribution in [3.05, 3.63) is 46.8 Å². The smallest absolute Gasteiger partial charge is 0.122 e. The summed E-state index contributed by atoms with van der Waals surface area (Å²) in [6.07, 6.45) is 3.45. The second-order valence-corrected chi connectivity index (χ2v) is 3.53. The SMILES string of the molecule is [O-]N1C=Cc2ccccc2C1[CH2][Al]. The van der Waals surface area contributed by atoms with Crippen molar-refractivity contribution >= 4 is 22.4 Å². The predicted octanol–water partition coefficient (Wildman–Crippen LogP) is 2.10. The summed E-state index contributed by atoms with van der Waals surface area (Å²) in [5.41, 5.74) is 2.28. The van der Waals surface area contributed by atoms with Crippen molar-refractivity contribution in [2.45, 2.75) is 11.3 Å². The molecule has 0 spiro atoms. The zero-order valence-electron chi connectivity index (χ0n) is 7.18. The molecule has 0 aliphatic carbocycles. The minimum Gasteiger partial charge on any atom is -0.758 e. The molecular formula is C10H9AlNO-. The van der Waals surface area contributed by atoms with Crippen molar-refractivity contribution < 1.29 is 0 Å². The summed E-state index contributed by atoms with van der Waals surface area (Å²) in [4.78, 5) is 0. The Balaban J connectivity index is 2.47. The van der Waals surface area contributed by atoms with Gasteiger partial charge in [0, 0.05) is 6.04 Å². The summed E-state index contributed by atoms with van der Waals surface area (Å²) < 4.78 is 0. The topological polar surface area (TPSA) is 26.3 Å². The van der Waals surface area contributed by atoms with Crippen LogP contribution in [-0.2, 0) is 0 Å². The Labute approximate surface area is 85.9 Å². The van der Waals surface area contributed by atoms with Gasteiger partial charge in [0.2, 0.25) is 0 Å². The van der Waals surface area contributed by atoms with Crippen LogP contribution in [-0.4, -0.2) is 21.4 Å². The van der Waals surface area contributed by atoms with Crippen LogP contribution >= 0.6 is 0 Å². The predicted molar refractivity (Wildman–Crippen MR) is 54.0 cm³/mol. The second kappa shape index (κ2) is 3.55. The summed E-state index contributed by atoms with van der Waals surface area (Å²) >= 11 is 2.62. The van der Waals surface area contributed by atoms with Gasteiger partial charge in [0.15, 0.2) is 0 Å². The molecule has 2 radical (unpaired) electrons. The molecule has 1 heterocycles. The van der Waals surface area contributed by atoms with Crippen molar-refractivity contribution in [3.63, 3.8) is 0 Å². The lowest BCUT2D eigenvalue weighted by atomic mass is 9.99. The van der Waals surface area contributed by atoms with Crippen LogP contribution in [0.5, 0.6) is 0 Å². The zero-order chi connectivity index (χ0) is 9.26. The van der Waals surface area contributed by atoms with Crippen LogP contribution in [0.15, 0.2) is 30.5 Å². The molecule has 64 valence electrons. The monoisotopic (exact) mass is 186 g/mol. The van der Waals surface area contributed by atoms with E-state index in [0.717, 1.165) is 21.5 Å². The summed E-state index contributed by atoms with van der Waals surface area (Å²) in [5.74, 6) is 0. The first kappa shape index (κ1) is 8.83. The number of hydrogen-bond donors (Lipinski definition) is 0. The van der Waals surface area contributed by atoms with E-state index in [0.29, 0.717) is 0 Å². The van der Waals surface area contributed by atoms with Crippen molar-refractivity contribution in [2.75, 3.05) is 0 Å². The largest absolute Gasteiger partial charge is 0.758 e. The van der Waals surface area contributed by atoms with Gasteiger partial charge in [-0.1, -0.05) is 29.5 Å². The van der Waals surface area contributed by atoms with Gasteiger partial charge in [-0.3, -0.25) is 0 Å². The third kappa shape index (κ3) is 1.51. The highest BCUT2D eigenvalue weighted by molar-refractivity contribution is 6.09. The summed E-state index contributed by atoms with van der Waals surface area (Å²) in [7, 11) is 0. The average molecular weight is 186 g/mol. The lowest BCUT2D eigenvalue weighted by Crippen LogP contribution is -2.20. The quantitative estimate of drug-likeness (QED) is 0.628. The normalized spacial score (nSPS) is 20.1. The molecule has 1 aromatic carbocycles. The maximum atomic E-state index is 11.4. The molecule has 0 N–H and O–H groups in total. The fourth-order valence-electron chi connectivity index (χ4n) is 1.59. The maximum Gasteiger partial charge on any atom is 0.122 e. The molecule has 1 aliphatic heterocycles. The molecule has 1 atom stereocenters. The second-order valence-electron chi connectivity index (χ2n) is 3.06. The standard InChI is InChI=1S/C10H9NO.Al/c1-8-10-5-3-2-4-9(10)6-7-11(8)12;/h2-8H,1H2;/q-1;. The van der Waals surface area contributed by atoms with Crippen molar-refractivity contribution in [1.82, 2.24) is 5.06 Å². The number of benzene rings is 1. The highest BCUT2D eigenvalue weighted by atomic mass is 27.0. The molecule has 0 fully saturated rings. The van der Waals surface area contributed by atoms with Crippen LogP contribution in [0.2, 0.25) is 5.28 Å². The molecule has 1 unspecified atom stereocenters. The van der Waals surface area contributed by atoms with Crippen LogP contribution < -0.4 is 0 Å². The Morgan fingerprint density at radius 2 is 2.15 bits per heavy atom. The van der Waals surface area contributed by atoms with Crippen LogP contribution in [0.3, 0.4) is 0 Å². The maximum absolute atomic E-state index is 11.4. The Morgan fingerprint density at radius 3 is 2.92 bits per heavy atom. The Hall–Kier alpha value is -0.748. The third-order valence-corrected chi connectivity index (χ3v) is 2.73. The molecule has 0 amide bonds. The molecule has 1 aliphatic rings. The van der Waals surface area contributed by atoms with Crippen molar-refractivity contribution in [2.24, 2.45) is 0 Å². The fourth-order valence-corrected chi connectivity index (χ4v) is 2.05. The first-order valence-electron chi connectivity index (χ1n) is 4.25. The van der Waals surface area contributed by atoms with Gasteiger partial charge in [-0.25, -0.2) is 0 Å². The van der Waals surface area contributed by atoms with E-state index in [2.05, 4.69) is 16.3 Å². The zero-order valence-corrected chi connectivity index (χ0v) is 8.34. The average Bonchev–Trinajstić information content (AvgIpc) is 2.18. The lowest BCUT2D eigenvalue weighted by Gasteiger charge is -2.39. The van der Waals surface area contributed by atoms with E-state index < -0.39 is 0 Å². The van der Waals surface area contributed by atoms with Gasteiger partial charge >= 0.3 is 0 Å². The summed E-state index contributed by atoms with van der Waals surface area (Å²) in [6.45, 7) is 0. The number of hydroxylamine groups is 2. The lowest BCUT2D eigenvalue weighted by molar-refractivity contribution is 0.400. The van der Waals surface area contributed by atoms with E-state index in [4.69, 9.17) is 0 Å². The van der Waals surface area contributed by atoms with E-state index in [-0.39, 0.29) is 6.04 Å². The molecule has 2 nitrogen and oxygen atoms in total. The number of nitrogens with zero attached hydrogens (tertiary/aromatic N) is 1. The Morgan fingerprint density at radius 1 is 1.38 bits per heavy atom. The Bertz CT molecular complexity index is 337. The molecule has 1 aromatic rings. The molecule has 0 saturated heterocycles. The van der Waals surface area contributed by atoms with Gasteiger partial charge in [0.25, 0.3) is 0 Å². The third-order valence-electron chi connectivity index (χ3n) is 2.29. The molecule has 13 heavy (non-hydrogen) atoms. The highest BCUT2D eigenvalue weighted by Crippen LogP contribution is 2.30. The summed E-state index contributed by atoms with van der Waals surface area (Å²) in [6, 6.07) is 7.97. The minimum atomic E-state index is -0.0359. The van der Waals surface area contributed by atoms with E-state index in [1.165, 1.54) is 0 Å². The van der Waals surface area contributed by atoms with E-state index in [9.17, 15) is 5.21 Å². The number of rotatable bonds is 1. The molecule has 0 saturated carbocycles. The Kier molecular flexibility index (Phi) is 2.41. The van der Waals surface area contributed by atoms with Gasteiger partial charge in [-0.05, 0) is 23.4 Å². The number of hydrogen-bond acceptors (Lipinski definition) is 2. The van der Waals surface area contributed by atoms with E-state index in [1.807, 2.05) is 30.3 Å². The first-order chi connectivity index (χ1) is 6.33. The van der Waals surface area contributed by atoms with Crippen LogP contribution in [0.1, 0.15) is 17.2 Å². The number of fused-ring (bicyclic) bond motifs is 1. The molecule has 2 rings (SSSR count). The highest BCUT2D eigenvalue weighted by Gasteiger charge is 2.14. The van der Waals surface area contributed by atoms with Gasteiger partial charge in [-0.15, -0.1) is 0 Å². The van der Waals surface area contributed by atoms with Crippen molar-refractivity contribution in [1.29, 1.82) is 0 Å². The van der Waals surface area contributed by atoms with Gasteiger partial charge in [0.05, 0.1) is 0 Å². The molecular weight excluding hydrogens is 177 g/mol. The van der Waals surface area contributed by atoms with E-state index in [1.54, 1.807) is 6.20 Å². The van der Waals surface area contributed by atoms with Gasteiger partial charge < -0.3 is 10.3 Å². The molecule has 0 aromatic heterocycles. The first-order valence-corrected chi connectivity index (χ1v) is 5.07. The van der Waals surface area contributed by atoms with Crippen LogP contribution in [0.25, 0.3) is 6.08 Å². The van der Waals surface area contributed by atoms with Gasteiger partial charge in [-0.2, -0.15) is 0 Å². The molecule has 3 heteroatoms. The minimum absolute atomic E-state index is 0.0359.